The number of rotatable bonds is 8. The van der Waals surface area contributed by atoms with E-state index in [0.29, 0.717) is 5.11 Å². The number of hydrogen-bond donors (Lipinski definition) is 4. The lowest BCUT2D eigenvalue weighted by Crippen LogP contribution is -2.49. The highest BCUT2D eigenvalue weighted by Gasteiger charge is 2.03. The number of hydrazine groups is 1. The molecule has 1 rings (SSSR count). The van der Waals surface area contributed by atoms with Crippen molar-refractivity contribution in [2.45, 2.75) is 26.2 Å². The van der Waals surface area contributed by atoms with Gasteiger partial charge in [-0.25, -0.2) is 0 Å². The van der Waals surface area contributed by atoms with Crippen LogP contribution in [0.2, 0.25) is 0 Å². The fraction of sp³-hybridized carbons (Fsp3) is 0.353. The molecule has 0 fully saturated rings. The minimum Gasteiger partial charge on any atom is -0.361 e. The first-order chi connectivity index (χ1) is 11.6. The van der Waals surface area contributed by atoms with Crippen molar-refractivity contribution in [1.82, 2.24) is 21.5 Å². The minimum absolute atomic E-state index is 0.136. The highest BCUT2D eigenvalue weighted by Crippen LogP contribution is 2.00. The van der Waals surface area contributed by atoms with E-state index in [4.69, 9.17) is 12.2 Å². The molecule has 1 aromatic rings. The Hall–Kier alpha value is -2.41. The summed E-state index contributed by atoms with van der Waals surface area (Å²) in [6.07, 6.45) is 6.36. The fourth-order valence-electron chi connectivity index (χ4n) is 1.75. The third kappa shape index (κ3) is 9.58. The Bertz CT molecular complexity index is 561. The van der Waals surface area contributed by atoms with Gasteiger partial charge in [-0.05, 0) is 30.3 Å². The summed E-state index contributed by atoms with van der Waals surface area (Å²) in [6, 6.07) is 9.44. The second-order valence-electron chi connectivity index (χ2n) is 5.10. The van der Waals surface area contributed by atoms with Crippen LogP contribution in [0.1, 0.15) is 31.7 Å². The Kier molecular flexibility index (Phi) is 9.87. The van der Waals surface area contributed by atoms with Crippen molar-refractivity contribution in [2.75, 3.05) is 13.1 Å². The highest BCUT2D eigenvalue weighted by atomic mass is 32.1. The number of hydrogen-bond acceptors (Lipinski definition) is 3. The Balaban J connectivity index is 2.15. The minimum atomic E-state index is -0.380. The van der Waals surface area contributed by atoms with Gasteiger partial charge in [-0.3, -0.25) is 20.4 Å². The summed E-state index contributed by atoms with van der Waals surface area (Å²) in [4.78, 5) is 23.2. The summed E-state index contributed by atoms with van der Waals surface area (Å²) in [7, 11) is 0. The van der Waals surface area contributed by atoms with Crippen LogP contribution >= 0.6 is 12.2 Å². The quantitative estimate of drug-likeness (QED) is 0.248. The lowest BCUT2D eigenvalue weighted by atomic mass is 10.2. The molecule has 0 spiro atoms. The molecule has 0 heterocycles. The molecule has 0 radical (unpaired) electrons. The lowest BCUT2D eigenvalue weighted by molar-refractivity contribution is -0.124. The third-order valence-corrected chi connectivity index (χ3v) is 3.28. The van der Waals surface area contributed by atoms with E-state index in [-0.39, 0.29) is 18.4 Å². The van der Waals surface area contributed by atoms with Gasteiger partial charge >= 0.3 is 0 Å². The van der Waals surface area contributed by atoms with Crippen molar-refractivity contribution in [2.24, 2.45) is 0 Å². The van der Waals surface area contributed by atoms with Crippen LogP contribution in [0.3, 0.4) is 0 Å². The van der Waals surface area contributed by atoms with Crippen molar-refractivity contribution in [1.29, 1.82) is 0 Å². The van der Waals surface area contributed by atoms with Gasteiger partial charge in [0.05, 0.1) is 6.54 Å². The van der Waals surface area contributed by atoms with Crippen LogP contribution in [0.15, 0.2) is 36.4 Å². The van der Waals surface area contributed by atoms with E-state index in [2.05, 4.69) is 28.4 Å². The van der Waals surface area contributed by atoms with Crippen molar-refractivity contribution in [3.8, 4) is 0 Å². The zero-order chi connectivity index (χ0) is 17.6. The molecule has 0 atom stereocenters. The zero-order valence-electron chi connectivity index (χ0n) is 13.8. The number of benzene rings is 1. The normalized spacial score (nSPS) is 10.2. The molecule has 0 aliphatic rings. The zero-order valence-corrected chi connectivity index (χ0v) is 14.6. The molecule has 0 saturated heterocycles. The summed E-state index contributed by atoms with van der Waals surface area (Å²) in [5, 5.41) is 5.83. The van der Waals surface area contributed by atoms with Crippen molar-refractivity contribution in [3.05, 3.63) is 42.0 Å². The topological polar surface area (TPSA) is 82.3 Å². The van der Waals surface area contributed by atoms with E-state index in [1.54, 1.807) is 6.08 Å². The van der Waals surface area contributed by atoms with E-state index in [1.165, 1.54) is 6.08 Å². The predicted molar refractivity (Wildman–Crippen MR) is 99.9 cm³/mol. The maximum atomic E-state index is 11.6. The average Bonchev–Trinajstić information content (AvgIpc) is 2.61. The standard InChI is InChI=1S/C17H24N4O2S/c1-2-3-7-12-18-17(24)21-20-16(23)13-19-15(22)11-10-14-8-5-4-6-9-14/h4-6,8-11H,2-3,7,12-13H2,1H3,(H,19,22)(H,20,23)(H2,18,21,24)/b11-10+. The molecular formula is C17H24N4O2S. The number of nitrogens with one attached hydrogen (secondary N) is 4. The largest absolute Gasteiger partial charge is 0.361 e. The number of thiocarbonyl (C=S) groups is 1. The second-order valence-corrected chi connectivity index (χ2v) is 5.51. The van der Waals surface area contributed by atoms with Crippen molar-refractivity contribution < 1.29 is 9.59 Å². The van der Waals surface area contributed by atoms with Gasteiger partial charge in [-0.15, -0.1) is 0 Å². The molecule has 130 valence electrons. The Morgan fingerprint density at radius 2 is 1.83 bits per heavy atom. The highest BCUT2D eigenvalue weighted by molar-refractivity contribution is 7.80. The summed E-state index contributed by atoms with van der Waals surface area (Å²) in [5.74, 6) is -0.719. The molecule has 24 heavy (non-hydrogen) atoms. The van der Waals surface area contributed by atoms with Crippen molar-refractivity contribution in [3.63, 3.8) is 0 Å². The van der Waals surface area contributed by atoms with Crippen LogP contribution < -0.4 is 21.5 Å². The maximum Gasteiger partial charge on any atom is 0.257 e. The van der Waals surface area contributed by atoms with E-state index in [0.717, 1.165) is 31.4 Å². The van der Waals surface area contributed by atoms with Crippen LogP contribution in [0.4, 0.5) is 0 Å². The number of carbonyl (C=O) groups is 2. The molecule has 1 aromatic carbocycles. The van der Waals surface area contributed by atoms with Crippen LogP contribution in [-0.2, 0) is 9.59 Å². The summed E-state index contributed by atoms with van der Waals surface area (Å²) in [6.45, 7) is 2.75. The molecule has 0 unspecified atom stereocenters. The molecule has 0 saturated carbocycles. The molecule has 0 aromatic heterocycles. The molecule has 0 aliphatic heterocycles. The molecule has 0 aliphatic carbocycles. The van der Waals surface area contributed by atoms with E-state index in [9.17, 15) is 9.59 Å². The molecule has 6 nitrogen and oxygen atoms in total. The summed E-state index contributed by atoms with van der Waals surface area (Å²) >= 11 is 5.02. The monoisotopic (exact) mass is 348 g/mol. The van der Waals surface area contributed by atoms with Gasteiger partial charge in [0.15, 0.2) is 5.11 Å². The van der Waals surface area contributed by atoms with E-state index in [1.807, 2.05) is 30.3 Å². The smallest absolute Gasteiger partial charge is 0.257 e. The van der Waals surface area contributed by atoms with Gasteiger partial charge in [0, 0.05) is 12.6 Å². The fourth-order valence-corrected chi connectivity index (χ4v) is 1.91. The van der Waals surface area contributed by atoms with Gasteiger partial charge in [-0.1, -0.05) is 50.1 Å². The number of amides is 2. The molecular weight excluding hydrogens is 324 g/mol. The lowest BCUT2D eigenvalue weighted by Gasteiger charge is -2.11. The van der Waals surface area contributed by atoms with Crippen LogP contribution in [0.5, 0.6) is 0 Å². The van der Waals surface area contributed by atoms with Crippen molar-refractivity contribution >= 4 is 35.2 Å². The third-order valence-electron chi connectivity index (χ3n) is 3.03. The van der Waals surface area contributed by atoms with Crippen LogP contribution in [0.25, 0.3) is 6.08 Å². The average molecular weight is 348 g/mol. The second kappa shape index (κ2) is 12.1. The molecule has 2 amide bonds. The summed E-state index contributed by atoms with van der Waals surface area (Å²) < 4.78 is 0. The van der Waals surface area contributed by atoms with Gasteiger partial charge in [0.25, 0.3) is 5.91 Å². The maximum absolute atomic E-state index is 11.6. The van der Waals surface area contributed by atoms with Gasteiger partial charge in [0.2, 0.25) is 5.91 Å². The SMILES string of the molecule is CCCCCNC(=S)NNC(=O)CNC(=O)/C=C/c1ccccc1. The Morgan fingerprint density at radius 3 is 2.54 bits per heavy atom. The first-order valence-corrected chi connectivity index (χ1v) is 8.36. The summed E-state index contributed by atoms with van der Waals surface area (Å²) in [5.41, 5.74) is 5.93. The van der Waals surface area contributed by atoms with Gasteiger partial charge in [0.1, 0.15) is 0 Å². The van der Waals surface area contributed by atoms with E-state index < -0.39 is 0 Å². The first kappa shape index (κ1) is 19.6. The van der Waals surface area contributed by atoms with E-state index >= 15 is 0 Å². The number of unbranched alkanes of at least 4 members (excludes halogenated alkanes) is 2. The Morgan fingerprint density at radius 1 is 1.08 bits per heavy atom. The number of carbonyl (C=O) groups excluding carboxylic acids is 2. The predicted octanol–water partition coefficient (Wildman–Crippen LogP) is 1.50. The molecule has 0 bridgehead atoms. The van der Waals surface area contributed by atoms with Gasteiger partial charge in [-0.2, -0.15) is 0 Å². The molecule has 4 N–H and O–H groups in total. The Labute approximate surface area is 148 Å². The van der Waals surface area contributed by atoms with Gasteiger partial charge < -0.3 is 10.6 Å². The first-order valence-electron chi connectivity index (χ1n) is 7.95. The van der Waals surface area contributed by atoms with Crippen LogP contribution in [-0.4, -0.2) is 30.0 Å². The van der Waals surface area contributed by atoms with Crippen LogP contribution in [0, 0.1) is 0 Å². The molecule has 7 heteroatoms.